The Balaban J connectivity index is 1.76. The quantitative estimate of drug-likeness (QED) is 0.501. The van der Waals surface area contributed by atoms with Gasteiger partial charge in [-0.15, -0.1) is 0 Å². The second-order valence-corrected chi connectivity index (χ2v) is 10.2. The molecule has 3 unspecified atom stereocenters. The van der Waals surface area contributed by atoms with Crippen LogP contribution in [0, 0.1) is 28.1 Å². The molecule has 0 saturated heterocycles. The van der Waals surface area contributed by atoms with E-state index in [1.807, 2.05) is 0 Å². The Morgan fingerprint density at radius 2 is 1.83 bits per heavy atom. The van der Waals surface area contributed by atoms with Crippen molar-refractivity contribution >= 4 is 23.3 Å². The van der Waals surface area contributed by atoms with Crippen LogP contribution in [0.25, 0.3) is 0 Å². The largest absolute Gasteiger partial charge is 0.465 e. The van der Waals surface area contributed by atoms with Crippen LogP contribution in [0.1, 0.15) is 65.2 Å². The predicted molar refractivity (Wildman–Crippen MR) is 105 cm³/mol. The van der Waals surface area contributed by atoms with Crippen LogP contribution in [0.5, 0.6) is 0 Å². The van der Waals surface area contributed by atoms with Crippen LogP contribution in [-0.4, -0.2) is 30.4 Å². The number of allylic oxidation sites excluding steroid dienone is 3. The Bertz CT molecular complexity index is 939. The monoisotopic (exact) mass is 396 g/mol. The highest BCUT2D eigenvalue weighted by molar-refractivity contribution is 6.21. The molecular formula is C24H28O5. The summed E-state index contributed by atoms with van der Waals surface area (Å²) in [6.07, 6.45) is 7.29. The van der Waals surface area contributed by atoms with Crippen LogP contribution in [0.3, 0.4) is 0 Å². The Morgan fingerprint density at radius 1 is 1.07 bits per heavy atom. The van der Waals surface area contributed by atoms with Gasteiger partial charge in [0.05, 0.1) is 12.5 Å². The number of rotatable bonds is 1. The van der Waals surface area contributed by atoms with Crippen LogP contribution in [0.2, 0.25) is 0 Å². The highest BCUT2D eigenvalue weighted by Gasteiger charge is 2.67. The molecule has 154 valence electrons. The van der Waals surface area contributed by atoms with Gasteiger partial charge in [0.25, 0.3) is 0 Å². The molecule has 29 heavy (non-hydrogen) atoms. The first-order chi connectivity index (χ1) is 13.7. The van der Waals surface area contributed by atoms with Gasteiger partial charge < -0.3 is 4.74 Å². The Kier molecular flexibility index (Phi) is 3.77. The summed E-state index contributed by atoms with van der Waals surface area (Å²) in [4.78, 5) is 51.8. The van der Waals surface area contributed by atoms with E-state index in [-0.39, 0.29) is 46.1 Å². The molecule has 0 aliphatic heterocycles. The lowest BCUT2D eigenvalue weighted by molar-refractivity contribution is -0.145. The van der Waals surface area contributed by atoms with Crippen LogP contribution >= 0.6 is 0 Å². The van der Waals surface area contributed by atoms with Gasteiger partial charge in [0.1, 0.15) is 17.1 Å². The number of ketones is 3. The molecule has 0 aromatic rings. The number of carbonyl (C=O) groups is 4. The number of fused-ring (bicyclic) bond motifs is 4. The average Bonchev–Trinajstić information content (AvgIpc) is 3.13. The average molecular weight is 396 g/mol. The van der Waals surface area contributed by atoms with Crippen LogP contribution in [-0.2, 0) is 23.9 Å². The summed E-state index contributed by atoms with van der Waals surface area (Å²) in [5, 5.41) is 0. The third kappa shape index (κ3) is 2.06. The maximum Gasteiger partial charge on any atom is 0.341 e. The lowest BCUT2D eigenvalue weighted by Gasteiger charge is -2.55. The van der Waals surface area contributed by atoms with Crippen molar-refractivity contribution in [3.05, 3.63) is 22.8 Å². The molecule has 5 rings (SSSR count). The number of hydrogen-bond donors (Lipinski definition) is 0. The summed E-state index contributed by atoms with van der Waals surface area (Å²) < 4.78 is 5.04. The normalized spacial score (nSPS) is 43.4. The third-order valence-corrected chi connectivity index (χ3v) is 9.26. The Hall–Kier alpha value is -2.04. The summed E-state index contributed by atoms with van der Waals surface area (Å²) >= 11 is 0. The molecule has 0 aromatic heterocycles. The van der Waals surface area contributed by atoms with Crippen molar-refractivity contribution in [3.8, 4) is 0 Å². The summed E-state index contributed by atoms with van der Waals surface area (Å²) in [6.45, 7) is 4.30. The highest BCUT2D eigenvalue weighted by Crippen LogP contribution is 2.71. The maximum atomic E-state index is 13.6. The number of ether oxygens (including phenoxy) is 1. The first kappa shape index (κ1) is 19.0. The van der Waals surface area contributed by atoms with E-state index in [1.165, 1.54) is 7.11 Å². The van der Waals surface area contributed by atoms with Crippen molar-refractivity contribution in [2.24, 2.45) is 28.1 Å². The molecule has 5 nitrogen and oxygen atoms in total. The molecule has 0 N–H and O–H groups in total. The zero-order chi connectivity index (χ0) is 20.8. The minimum Gasteiger partial charge on any atom is -0.465 e. The number of carbonyl (C=O) groups excluding carboxylic acids is 4. The zero-order valence-corrected chi connectivity index (χ0v) is 17.4. The van der Waals surface area contributed by atoms with Gasteiger partial charge in [-0.2, -0.15) is 0 Å². The predicted octanol–water partition coefficient (Wildman–Crippen LogP) is 3.51. The molecule has 5 aliphatic carbocycles. The maximum absolute atomic E-state index is 13.6. The third-order valence-electron chi connectivity index (χ3n) is 9.26. The Morgan fingerprint density at radius 3 is 2.55 bits per heavy atom. The van der Waals surface area contributed by atoms with E-state index >= 15 is 0 Å². The second kappa shape index (κ2) is 5.77. The molecule has 5 atom stereocenters. The molecule has 0 bridgehead atoms. The zero-order valence-electron chi connectivity index (χ0n) is 17.4. The molecule has 0 amide bonds. The molecule has 5 aliphatic rings. The SMILES string of the molecule is COC(=O)C1=C2C3=CC[C@@]4(C)CCC(=O)[C@@]34CCC2C2(C)CCC(=O)CC2C1=O. The summed E-state index contributed by atoms with van der Waals surface area (Å²) in [6, 6.07) is 0. The van der Waals surface area contributed by atoms with E-state index in [2.05, 4.69) is 19.9 Å². The van der Waals surface area contributed by atoms with Gasteiger partial charge in [-0.25, -0.2) is 4.79 Å². The van der Waals surface area contributed by atoms with E-state index in [0.717, 1.165) is 36.8 Å². The van der Waals surface area contributed by atoms with Gasteiger partial charge in [-0.1, -0.05) is 19.9 Å². The van der Waals surface area contributed by atoms with Gasteiger partial charge in [-0.05, 0) is 60.0 Å². The summed E-state index contributed by atoms with van der Waals surface area (Å²) in [5.41, 5.74) is 0.794. The molecular weight excluding hydrogens is 368 g/mol. The first-order valence-corrected chi connectivity index (χ1v) is 10.8. The topological polar surface area (TPSA) is 77.5 Å². The van der Waals surface area contributed by atoms with E-state index in [4.69, 9.17) is 4.74 Å². The molecule has 3 fully saturated rings. The van der Waals surface area contributed by atoms with Crippen molar-refractivity contribution in [2.45, 2.75) is 65.2 Å². The molecule has 0 radical (unpaired) electrons. The fourth-order valence-corrected chi connectivity index (χ4v) is 7.56. The van der Waals surface area contributed by atoms with Crippen LogP contribution < -0.4 is 0 Å². The van der Waals surface area contributed by atoms with Gasteiger partial charge in [0, 0.05) is 25.2 Å². The van der Waals surface area contributed by atoms with Crippen molar-refractivity contribution in [2.75, 3.05) is 7.11 Å². The van der Waals surface area contributed by atoms with Gasteiger partial charge >= 0.3 is 5.97 Å². The Labute approximate surface area is 170 Å². The summed E-state index contributed by atoms with van der Waals surface area (Å²) in [7, 11) is 1.30. The minimum absolute atomic E-state index is 0.0139. The fraction of sp³-hybridized carbons (Fsp3) is 0.667. The molecule has 0 heterocycles. The molecule has 0 aromatic carbocycles. The van der Waals surface area contributed by atoms with Gasteiger partial charge in [0.2, 0.25) is 0 Å². The summed E-state index contributed by atoms with van der Waals surface area (Å²) in [5.74, 6) is -0.965. The number of Topliss-reactive ketones (excluding diaryl/α,β-unsaturated/α-hetero) is 3. The lowest BCUT2D eigenvalue weighted by Crippen LogP contribution is -2.54. The van der Waals surface area contributed by atoms with Crippen molar-refractivity contribution in [1.29, 1.82) is 0 Å². The standard InChI is InChI=1S/C24H28O5/c1-22-8-5-15-18-14(6-11-24(15,22)17(26)7-9-22)23(2)10-4-13(25)12-16(23)20(27)19(18)21(28)29-3/h5,14,16H,4,6-12H2,1-3H3/t14?,16?,22-,23?,24+/m0/s1. The molecule has 5 heteroatoms. The first-order valence-electron chi connectivity index (χ1n) is 10.8. The van der Waals surface area contributed by atoms with Gasteiger partial charge in [0.15, 0.2) is 5.78 Å². The van der Waals surface area contributed by atoms with E-state index in [9.17, 15) is 19.2 Å². The second-order valence-electron chi connectivity index (χ2n) is 10.2. The molecule has 3 saturated carbocycles. The van der Waals surface area contributed by atoms with Crippen molar-refractivity contribution < 1.29 is 23.9 Å². The van der Waals surface area contributed by atoms with Crippen LogP contribution in [0.15, 0.2) is 22.8 Å². The van der Waals surface area contributed by atoms with Crippen LogP contribution in [0.4, 0.5) is 0 Å². The number of methoxy groups -OCH3 is 1. The number of esters is 1. The molecule has 1 spiro atoms. The highest BCUT2D eigenvalue weighted by atomic mass is 16.5. The van der Waals surface area contributed by atoms with Crippen molar-refractivity contribution in [3.63, 3.8) is 0 Å². The smallest absolute Gasteiger partial charge is 0.341 e. The fourth-order valence-electron chi connectivity index (χ4n) is 7.56. The minimum atomic E-state index is -0.618. The van der Waals surface area contributed by atoms with E-state index in [0.29, 0.717) is 19.3 Å². The van der Waals surface area contributed by atoms with E-state index < -0.39 is 17.3 Å². The van der Waals surface area contributed by atoms with Crippen molar-refractivity contribution in [1.82, 2.24) is 0 Å². The number of hydrogen-bond acceptors (Lipinski definition) is 5. The van der Waals surface area contributed by atoms with E-state index in [1.54, 1.807) is 0 Å². The van der Waals surface area contributed by atoms with Gasteiger partial charge in [-0.3, -0.25) is 14.4 Å². The lowest BCUT2D eigenvalue weighted by atomic mass is 9.46.